The Hall–Kier alpha value is -2.14. The van der Waals surface area contributed by atoms with E-state index in [1.54, 1.807) is 29.2 Å². The molecule has 5 nitrogen and oxygen atoms in total. The van der Waals surface area contributed by atoms with E-state index in [0.29, 0.717) is 31.9 Å². The van der Waals surface area contributed by atoms with Gasteiger partial charge in [0.2, 0.25) is 11.8 Å². The molecule has 19 heavy (non-hydrogen) atoms. The van der Waals surface area contributed by atoms with E-state index in [4.69, 9.17) is 10.5 Å². The average molecular weight is 260 g/mol. The van der Waals surface area contributed by atoms with Gasteiger partial charge in [0, 0.05) is 24.7 Å². The van der Waals surface area contributed by atoms with Crippen LogP contribution in [0.15, 0.2) is 30.3 Å². The van der Waals surface area contributed by atoms with Gasteiger partial charge in [-0.15, -0.1) is 0 Å². The SMILES string of the molecule is NC(=O)c1cccc(C=CC(=O)N2CCOCC2)c1. The number of primary amides is 1. The van der Waals surface area contributed by atoms with Crippen LogP contribution < -0.4 is 5.73 Å². The number of amides is 2. The second-order valence-electron chi connectivity index (χ2n) is 4.26. The number of hydrogen-bond acceptors (Lipinski definition) is 3. The van der Waals surface area contributed by atoms with Gasteiger partial charge in [-0.25, -0.2) is 0 Å². The fourth-order valence-electron chi connectivity index (χ4n) is 1.85. The van der Waals surface area contributed by atoms with Crippen LogP contribution in [0.4, 0.5) is 0 Å². The summed E-state index contributed by atoms with van der Waals surface area (Å²) < 4.78 is 5.19. The molecule has 0 aliphatic carbocycles. The second-order valence-corrected chi connectivity index (χ2v) is 4.26. The Kier molecular flexibility index (Phi) is 4.30. The monoisotopic (exact) mass is 260 g/mol. The van der Waals surface area contributed by atoms with E-state index in [0.717, 1.165) is 5.56 Å². The van der Waals surface area contributed by atoms with Crippen LogP contribution in [0.1, 0.15) is 15.9 Å². The van der Waals surface area contributed by atoms with Crippen molar-refractivity contribution in [2.45, 2.75) is 0 Å². The Balaban J connectivity index is 2.03. The molecule has 1 saturated heterocycles. The zero-order valence-corrected chi connectivity index (χ0v) is 10.5. The summed E-state index contributed by atoms with van der Waals surface area (Å²) in [4.78, 5) is 24.7. The minimum Gasteiger partial charge on any atom is -0.378 e. The largest absolute Gasteiger partial charge is 0.378 e. The van der Waals surface area contributed by atoms with E-state index < -0.39 is 5.91 Å². The van der Waals surface area contributed by atoms with Gasteiger partial charge in [-0.3, -0.25) is 9.59 Å². The van der Waals surface area contributed by atoms with Crippen molar-refractivity contribution in [3.63, 3.8) is 0 Å². The Labute approximate surface area is 111 Å². The molecule has 1 aromatic carbocycles. The minimum absolute atomic E-state index is 0.0484. The highest BCUT2D eigenvalue weighted by atomic mass is 16.5. The maximum absolute atomic E-state index is 11.9. The summed E-state index contributed by atoms with van der Waals surface area (Å²) >= 11 is 0. The number of carbonyl (C=O) groups excluding carboxylic acids is 2. The maximum Gasteiger partial charge on any atom is 0.248 e. The van der Waals surface area contributed by atoms with E-state index in [-0.39, 0.29) is 5.91 Å². The first-order valence-corrected chi connectivity index (χ1v) is 6.11. The lowest BCUT2D eigenvalue weighted by Crippen LogP contribution is -2.39. The highest BCUT2D eigenvalue weighted by Gasteiger charge is 2.13. The van der Waals surface area contributed by atoms with Crippen molar-refractivity contribution in [3.8, 4) is 0 Å². The molecule has 1 aliphatic rings. The van der Waals surface area contributed by atoms with Gasteiger partial charge in [-0.2, -0.15) is 0 Å². The van der Waals surface area contributed by atoms with Crippen molar-refractivity contribution >= 4 is 17.9 Å². The molecular formula is C14H16N2O3. The van der Waals surface area contributed by atoms with Gasteiger partial charge in [0.05, 0.1) is 13.2 Å². The second kappa shape index (κ2) is 6.15. The number of hydrogen-bond donors (Lipinski definition) is 1. The Bertz CT molecular complexity index is 505. The molecule has 2 N–H and O–H groups in total. The van der Waals surface area contributed by atoms with Crippen LogP contribution in [0.2, 0.25) is 0 Å². The van der Waals surface area contributed by atoms with Crippen molar-refractivity contribution in [1.29, 1.82) is 0 Å². The molecule has 0 saturated carbocycles. The molecular weight excluding hydrogens is 244 g/mol. The summed E-state index contributed by atoms with van der Waals surface area (Å²) in [5.74, 6) is -0.525. The first-order valence-electron chi connectivity index (χ1n) is 6.11. The van der Waals surface area contributed by atoms with Gasteiger partial charge >= 0.3 is 0 Å². The van der Waals surface area contributed by atoms with Gasteiger partial charge in [-0.1, -0.05) is 12.1 Å². The van der Waals surface area contributed by atoms with Gasteiger partial charge < -0.3 is 15.4 Å². The zero-order chi connectivity index (χ0) is 13.7. The third kappa shape index (κ3) is 3.66. The molecule has 0 unspecified atom stereocenters. The summed E-state index contributed by atoms with van der Waals surface area (Å²) in [6, 6.07) is 6.85. The fourth-order valence-corrected chi connectivity index (χ4v) is 1.85. The summed E-state index contributed by atoms with van der Waals surface area (Å²) in [5.41, 5.74) is 6.41. The number of nitrogens with zero attached hydrogens (tertiary/aromatic N) is 1. The highest BCUT2D eigenvalue weighted by molar-refractivity contribution is 5.94. The van der Waals surface area contributed by atoms with Crippen molar-refractivity contribution in [2.75, 3.05) is 26.3 Å². The van der Waals surface area contributed by atoms with Crippen molar-refractivity contribution in [1.82, 2.24) is 4.90 Å². The third-order valence-electron chi connectivity index (χ3n) is 2.91. The summed E-state index contributed by atoms with van der Waals surface area (Å²) in [6.07, 6.45) is 3.19. The zero-order valence-electron chi connectivity index (χ0n) is 10.5. The molecule has 1 heterocycles. The molecule has 0 aromatic heterocycles. The first kappa shape index (κ1) is 13.3. The highest BCUT2D eigenvalue weighted by Crippen LogP contribution is 2.07. The summed E-state index contributed by atoms with van der Waals surface area (Å²) in [6.45, 7) is 2.39. The Morgan fingerprint density at radius 2 is 2.00 bits per heavy atom. The number of rotatable bonds is 3. The van der Waals surface area contributed by atoms with Crippen LogP contribution in [-0.2, 0) is 9.53 Å². The molecule has 100 valence electrons. The van der Waals surface area contributed by atoms with Crippen LogP contribution in [0.5, 0.6) is 0 Å². The van der Waals surface area contributed by atoms with Crippen LogP contribution in [-0.4, -0.2) is 43.0 Å². The molecule has 0 bridgehead atoms. The summed E-state index contributed by atoms with van der Waals surface area (Å²) in [7, 11) is 0. The molecule has 1 aromatic rings. The normalized spacial score (nSPS) is 15.7. The van der Waals surface area contributed by atoms with Gasteiger partial charge in [0.15, 0.2) is 0 Å². The predicted octanol–water partition coefficient (Wildman–Crippen LogP) is 0.657. The quantitative estimate of drug-likeness (QED) is 0.811. The van der Waals surface area contributed by atoms with Gasteiger partial charge in [-0.05, 0) is 23.8 Å². The van der Waals surface area contributed by atoms with Crippen LogP contribution in [0, 0.1) is 0 Å². The molecule has 2 rings (SSSR count). The first-order chi connectivity index (χ1) is 9.16. The minimum atomic E-state index is -0.477. The topological polar surface area (TPSA) is 72.6 Å². The third-order valence-corrected chi connectivity index (χ3v) is 2.91. The van der Waals surface area contributed by atoms with E-state index in [2.05, 4.69) is 0 Å². The number of benzene rings is 1. The lowest BCUT2D eigenvalue weighted by molar-refractivity contribution is -0.129. The number of carbonyl (C=O) groups is 2. The lowest BCUT2D eigenvalue weighted by atomic mass is 10.1. The standard InChI is InChI=1S/C14H16N2O3/c15-14(18)12-3-1-2-11(10-12)4-5-13(17)16-6-8-19-9-7-16/h1-5,10H,6-9H2,(H2,15,18). The van der Waals surface area contributed by atoms with Crippen LogP contribution in [0.25, 0.3) is 6.08 Å². The maximum atomic E-state index is 11.9. The number of nitrogens with two attached hydrogens (primary N) is 1. The molecule has 0 radical (unpaired) electrons. The molecule has 2 amide bonds. The smallest absolute Gasteiger partial charge is 0.248 e. The van der Waals surface area contributed by atoms with Crippen LogP contribution in [0.3, 0.4) is 0 Å². The van der Waals surface area contributed by atoms with Gasteiger partial charge in [0.1, 0.15) is 0 Å². The predicted molar refractivity (Wildman–Crippen MR) is 71.4 cm³/mol. The van der Waals surface area contributed by atoms with E-state index in [1.165, 1.54) is 6.08 Å². The molecule has 5 heteroatoms. The van der Waals surface area contributed by atoms with E-state index in [9.17, 15) is 9.59 Å². The van der Waals surface area contributed by atoms with Gasteiger partial charge in [0.25, 0.3) is 0 Å². The van der Waals surface area contributed by atoms with Crippen molar-refractivity contribution < 1.29 is 14.3 Å². The molecule has 1 fully saturated rings. The van der Waals surface area contributed by atoms with E-state index in [1.807, 2.05) is 6.07 Å². The Morgan fingerprint density at radius 1 is 1.26 bits per heavy atom. The average Bonchev–Trinajstić information content (AvgIpc) is 2.46. The number of morpholine rings is 1. The summed E-state index contributed by atoms with van der Waals surface area (Å²) in [5, 5.41) is 0. The fraction of sp³-hybridized carbons (Fsp3) is 0.286. The van der Waals surface area contributed by atoms with E-state index >= 15 is 0 Å². The number of ether oxygens (including phenoxy) is 1. The lowest BCUT2D eigenvalue weighted by Gasteiger charge is -2.25. The molecule has 0 spiro atoms. The Morgan fingerprint density at radius 3 is 2.68 bits per heavy atom. The van der Waals surface area contributed by atoms with Crippen molar-refractivity contribution in [3.05, 3.63) is 41.5 Å². The molecule has 1 aliphatic heterocycles. The molecule has 0 atom stereocenters. The van der Waals surface area contributed by atoms with Crippen molar-refractivity contribution in [2.24, 2.45) is 5.73 Å². The van der Waals surface area contributed by atoms with Crippen LogP contribution >= 0.6 is 0 Å².